The summed E-state index contributed by atoms with van der Waals surface area (Å²) < 4.78 is 13.1. The maximum absolute atomic E-state index is 13.1. The molecule has 1 aromatic carbocycles. The first-order valence-electron chi connectivity index (χ1n) is 5.27. The number of halogens is 2. The highest BCUT2D eigenvalue weighted by Crippen LogP contribution is 2.25. The van der Waals surface area contributed by atoms with Gasteiger partial charge in [-0.3, -0.25) is 0 Å². The molecule has 2 rings (SSSR count). The summed E-state index contributed by atoms with van der Waals surface area (Å²) in [6.07, 6.45) is 3.61. The Labute approximate surface area is 96.5 Å². The molecule has 15 heavy (non-hydrogen) atoms. The van der Waals surface area contributed by atoms with Crippen LogP contribution >= 0.6 is 12.4 Å². The summed E-state index contributed by atoms with van der Waals surface area (Å²) >= 11 is 0. The van der Waals surface area contributed by atoms with E-state index in [1.165, 1.54) is 24.5 Å². The van der Waals surface area contributed by atoms with Crippen molar-refractivity contribution in [1.29, 1.82) is 0 Å². The number of piperidine rings is 1. The standard InChI is InChI=1S/C12H16FN.ClH/c1-9-5-6-10(13)8-11(9)12-4-2-3-7-14-12;/h5-6,8,12,14H,2-4,7H2,1H3;1H/t12-;/m1./s1. The quantitative estimate of drug-likeness (QED) is 0.779. The molecule has 0 aromatic heterocycles. The molecule has 0 amide bonds. The molecule has 1 aliphatic heterocycles. The van der Waals surface area contributed by atoms with Gasteiger partial charge in [-0.05, 0) is 49.6 Å². The molecule has 1 fully saturated rings. The third-order valence-corrected chi connectivity index (χ3v) is 2.93. The molecule has 0 spiro atoms. The number of benzene rings is 1. The smallest absolute Gasteiger partial charge is 0.123 e. The second-order valence-corrected chi connectivity index (χ2v) is 4.00. The van der Waals surface area contributed by atoms with Gasteiger partial charge in [0, 0.05) is 6.04 Å². The maximum Gasteiger partial charge on any atom is 0.123 e. The van der Waals surface area contributed by atoms with Gasteiger partial charge in [-0.1, -0.05) is 12.5 Å². The van der Waals surface area contributed by atoms with Crippen molar-refractivity contribution >= 4 is 12.4 Å². The van der Waals surface area contributed by atoms with E-state index in [2.05, 4.69) is 5.32 Å². The van der Waals surface area contributed by atoms with Crippen molar-refractivity contribution in [2.75, 3.05) is 6.54 Å². The second-order valence-electron chi connectivity index (χ2n) is 4.00. The topological polar surface area (TPSA) is 12.0 Å². The summed E-state index contributed by atoms with van der Waals surface area (Å²) in [5, 5.41) is 3.44. The van der Waals surface area contributed by atoms with Crippen LogP contribution in [0.2, 0.25) is 0 Å². The summed E-state index contributed by atoms with van der Waals surface area (Å²) in [6, 6.07) is 5.42. The second kappa shape index (κ2) is 5.47. The molecule has 1 aromatic rings. The Morgan fingerprint density at radius 1 is 1.33 bits per heavy atom. The van der Waals surface area contributed by atoms with Crippen LogP contribution in [0.5, 0.6) is 0 Å². The van der Waals surface area contributed by atoms with Crippen LogP contribution in [0.3, 0.4) is 0 Å². The zero-order valence-electron chi connectivity index (χ0n) is 8.92. The van der Waals surface area contributed by atoms with E-state index in [1.54, 1.807) is 6.07 Å². The van der Waals surface area contributed by atoms with Crippen LogP contribution in [-0.2, 0) is 0 Å². The van der Waals surface area contributed by atoms with Gasteiger partial charge in [0.2, 0.25) is 0 Å². The van der Waals surface area contributed by atoms with E-state index >= 15 is 0 Å². The summed E-state index contributed by atoms with van der Waals surface area (Å²) in [5.41, 5.74) is 2.32. The van der Waals surface area contributed by atoms with Crippen LogP contribution < -0.4 is 5.32 Å². The molecule has 0 saturated carbocycles. The molecule has 1 heterocycles. The number of aryl methyl sites for hydroxylation is 1. The van der Waals surface area contributed by atoms with Crippen LogP contribution in [0, 0.1) is 12.7 Å². The van der Waals surface area contributed by atoms with Crippen molar-refractivity contribution in [2.45, 2.75) is 32.2 Å². The van der Waals surface area contributed by atoms with Gasteiger partial charge in [-0.15, -0.1) is 12.4 Å². The van der Waals surface area contributed by atoms with E-state index < -0.39 is 0 Å². The number of hydrogen-bond acceptors (Lipinski definition) is 1. The molecule has 0 aliphatic carbocycles. The molecule has 3 heteroatoms. The van der Waals surface area contributed by atoms with Gasteiger partial charge in [0.1, 0.15) is 5.82 Å². The highest BCUT2D eigenvalue weighted by atomic mass is 35.5. The van der Waals surface area contributed by atoms with E-state index in [-0.39, 0.29) is 18.2 Å². The van der Waals surface area contributed by atoms with Gasteiger partial charge in [0.25, 0.3) is 0 Å². The molecular formula is C12H17ClFN. The average molecular weight is 230 g/mol. The van der Waals surface area contributed by atoms with Crippen LogP contribution in [0.1, 0.15) is 36.4 Å². The van der Waals surface area contributed by atoms with E-state index in [4.69, 9.17) is 0 Å². The van der Waals surface area contributed by atoms with E-state index in [0.29, 0.717) is 6.04 Å². The first-order valence-corrected chi connectivity index (χ1v) is 5.27. The van der Waals surface area contributed by atoms with Crippen molar-refractivity contribution in [3.05, 3.63) is 35.1 Å². The fourth-order valence-electron chi connectivity index (χ4n) is 2.10. The largest absolute Gasteiger partial charge is 0.310 e. The van der Waals surface area contributed by atoms with Gasteiger partial charge in [-0.2, -0.15) is 0 Å². The molecule has 0 bridgehead atoms. The van der Waals surface area contributed by atoms with Crippen molar-refractivity contribution in [2.24, 2.45) is 0 Å². The Kier molecular flexibility index (Phi) is 4.55. The molecule has 84 valence electrons. The Bertz CT molecular complexity index is 321. The number of nitrogens with one attached hydrogen (secondary N) is 1. The summed E-state index contributed by atoms with van der Waals surface area (Å²) in [7, 11) is 0. The van der Waals surface area contributed by atoms with E-state index in [1.807, 2.05) is 13.0 Å². The van der Waals surface area contributed by atoms with Crippen molar-refractivity contribution in [3.8, 4) is 0 Å². The van der Waals surface area contributed by atoms with E-state index in [9.17, 15) is 4.39 Å². The number of hydrogen-bond donors (Lipinski definition) is 1. The fraction of sp³-hybridized carbons (Fsp3) is 0.500. The van der Waals surface area contributed by atoms with Crippen molar-refractivity contribution in [3.63, 3.8) is 0 Å². The molecule has 1 N–H and O–H groups in total. The van der Waals surface area contributed by atoms with Gasteiger partial charge < -0.3 is 5.32 Å². The SMILES string of the molecule is Cc1ccc(F)cc1[C@H]1CCCCN1.Cl. The van der Waals surface area contributed by atoms with Gasteiger partial charge in [0.05, 0.1) is 0 Å². The van der Waals surface area contributed by atoms with Crippen LogP contribution in [0.15, 0.2) is 18.2 Å². The highest BCUT2D eigenvalue weighted by molar-refractivity contribution is 5.85. The lowest BCUT2D eigenvalue weighted by Crippen LogP contribution is -2.27. The molecule has 0 radical (unpaired) electrons. The monoisotopic (exact) mass is 229 g/mol. The molecule has 1 saturated heterocycles. The van der Waals surface area contributed by atoms with Gasteiger partial charge >= 0.3 is 0 Å². The first-order chi connectivity index (χ1) is 6.77. The van der Waals surface area contributed by atoms with E-state index in [0.717, 1.165) is 18.5 Å². The zero-order chi connectivity index (χ0) is 9.97. The third kappa shape index (κ3) is 2.93. The van der Waals surface area contributed by atoms with Crippen molar-refractivity contribution < 1.29 is 4.39 Å². The van der Waals surface area contributed by atoms with Crippen LogP contribution in [0.4, 0.5) is 4.39 Å². The fourth-order valence-corrected chi connectivity index (χ4v) is 2.10. The predicted molar refractivity (Wildman–Crippen MR) is 63.0 cm³/mol. The molecular weight excluding hydrogens is 213 g/mol. The molecule has 1 aliphatic rings. The molecule has 0 unspecified atom stereocenters. The predicted octanol–water partition coefficient (Wildman–Crippen LogP) is 3.37. The minimum atomic E-state index is -0.127. The Morgan fingerprint density at radius 3 is 2.80 bits per heavy atom. The normalized spacial score (nSPS) is 20.8. The summed E-state index contributed by atoms with van der Waals surface area (Å²) in [6.45, 7) is 3.10. The zero-order valence-corrected chi connectivity index (χ0v) is 9.74. The lowest BCUT2D eigenvalue weighted by atomic mass is 9.94. The van der Waals surface area contributed by atoms with Gasteiger partial charge in [0.15, 0.2) is 0 Å². The summed E-state index contributed by atoms with van der Waals surface area (Å²) in [4.78, 5) is 0. The van der Waals surface area contributed by atoms with Gasteiger partial charge in [-0.25, -0.2) is 4.39 Å². The van der Waals surface area contributed by atoms with Crippen LogP contribution in [0.25, 0.3) is 0 Å². The lowest BCUT2D eigenvalue weighted by molar-refractivity contribution is 0.409. The minimum absolute atomic E-state index is 0. The summed E-state index contributed by atoms with van der Waals surface area (Å²) in [5.74, 6) is -0.127. The molecule has 1 nitrogen and oxygen atoms in total. The Morgan fingerprint density at radius 2 is 2.13 bits per heavy atom. The highest BCUT2D eigenvalue weighted by Gasteiger charge is 2.16. The number of rotatable bonds is 1. The average Bonchev–Trinajstić information content (AvgIpc) is 2.23. The van der Waals surface area contributed by atoms with Crippen LogP contribution in [-0.4, -0.2) is 6.54 Å². The minimum Gasteiger partial charge on any atom is -0.310 e. The lowest BCUT2D eigenvalue weighted by Gasteiger charge is -2.25. The third-order valence-electron chi connectivity index (χ3n) is 2.93. The molecule has 1 atom stereocenters. The maximum atomic E-state index is 13.1. The first kappa shape index (κ1) is 12.5. The van der Waals surface area contributed by atoms with Crippen molar-refractivity contribution in [1.82, 2.24) is 5.32 Å². The Balaban J connectivity index is 0.00000112. The Hall–Kier alpha value is -0.600.